The molecule has 0 aliphatic carbocycles. The molecule has 0 unspecified atom stereocenters. The van der Waals surface area contributed by atoms with E-state index in [1.165, 1.54) is 0 Å². The SMILES string of the molecule is C=CC[C@H](O)C#CCCOC(c1ccccc1)(c1ccccc1)c1ccccc1. The molecule has 3 aromatic carbocycles. The van der Waals surface area contributed by atoms with Gasteiger partial charge in [0.2, 0.25) is 0 Å². The van der Waals surface area contributed by atoms with E-state index in [4.69, 9.17) is 4.74 Å². The Hall–Kier alpha value is -3.12. The van der Waals surface area contributed by atoms with Crippen molar-refractivity contribution in [1.29, 1.82) is 0 Å². The van der Waals surface area contributed by atoms with Crippen LogP contribution in [0.2, 0.25) is 0 Å². The Balaban J connectivity index is 1.98. The van der Waals surface area contributed by atoms with E-state index in [-0.39, 0.29) is 0 Å². The minimum atomic E-state index is -0.731. The number of rotatable bonds is 8. The maximum Gasteiger partial charge on any atom is 0.143 e. The Bertz CT molecular complexity index is 841. The molecule has 0 spiro atoms. The Labute approximate surface area is 173 Å². The maximum absolute atomic E-state index is 9.76. The van der Waals surface area contributed by atoms with Crippen LogP contribution in [-0.4, -0.2) is 17.8 Å². The largest absolute Gasteiger partial charge is 0.380 e. The molecule has 0 fully saturated rings. The molecular weight excluding hydrogens is 356 g/mol. The first kappa shape index (κ1) is 20.6. The van der Waals surface area contributed by atoms with E-state index in [1.54, 1.807) is 6.08 Å². The second-order valence-electron chi connectivity index (χ2n) is 6.74. The molecule has 0 radical (unpaired) electrons. The summed E-state index contributed by atoms with van der Waals surface area (Å²) in [6.45, 7) is 4.06. The number of benzene rings is 3. The normalized spacial score (nSPS) is 11.9. The van der Waals surface area contributed by atoms with Crippen LogP contribution in [0.1, 0.15) is 29.5 Å². The van der Waals surface area contributed by atoms with E-state index < -0.39 is 11.7 Å². The molecule has 146 valence electrons. The predicted molar refractivity (Wildman–Crippen MR) is 118 cm³/mol. The van der Waals surface area contributed by atoms with Crippen molar-refractivity contribution in [2.24, 2.45) is 0 Å². The molecule has 0 aromatic heterocycles. The third kappa shape index (κ3) is 5.03. The third-order valence-corrected chi connectivity index (χ3v) is 4.75. The highest BCUT2D eigenvalue weighted by molar-refractivity contribution is 5.47. The number of hydrogen-bond acceptors (Lipinski definition) is 2. The summed E-state index contributed by atoms with van der Waals surface area (Å²) in [7, 11) is 0. The van der Waals surface area contributed by atoms with E-state index in [1.807, 2.05) is 54.6 Å². The fourth-order valence-corrected chi connectivity index (χ4v) is 3.43. The number of aliphatic hydroxyl groups is 1. The summed E-state index contributed by atoms with van der Waals surface area (Å²) < 4.78 is 6.63. The zero-order chi connectivity index (χ0) is 20.4. The highest BCUT2D eigenvalue weighted by Crippen LogP contribution is 2.40. The summed E-state index contributed by atoms with van der Waals surface area (Å²) in [5.74, 6) is 5.87. The smallest absolute Gasteiger partial charge is 0.143 e. The maximum atomic E-state index is 9.76. The van der Waals surface area contributed by atoms with Crippen molar-refractivity contribution in [2.75, 3.05) is 6.61 Å². The van der Waals surface area contributed by atoms with Gasteiger partial charge in [0, 0.05) is 12.8 Å². The Morgan fingerprint density at radius 2 is 1.28 bits per heavy atom. The van der Waals surface area contributed by atoms with Crippen LogP contribution in [0.15, 0.2) is 104 Å². The van der Waals surface area contributed by atoms with Crippen molar-refractivity contribution in [1.82, 2.24) is 0 Å². The van der Waals surface area contributed by atoms with Gasteiger partial charge in [-0.2, -0.15) is 0 Å². The molecular formula is C27H26O2. The third-order valence-electron chi connectivity index (χ3n) is 4.75. The minimum absolute atomic E-state index is 0.437. The van der Waals surface area contributed by atoms with Crippen molar-refractivity contribution < 1.29 is 9.84 Å². The molecule has 3 aromatic rings. The van der Waals surface area contributed by atoms with E-state index in [2.05, 4.69) is 54.8 Å². The summed E-state index contributed by atoms with van der Waals surface area (Å²) in [5.41, 5.74) is 2.47. The van der Waals surface area contributed by atoms with Gasteiger partial charge in [-0.15, -0.1) is 6.58 Å². The Kier molecular flexibility index (Phi) is 7.41. The van der Waals surface area contributed by atoms with Gasteiger partial charge in [-0.25, -0.2) is 0 Å². The van der Waals surface area contributed by atoms with E-state index >= 15 is 0 Å². The molecule has 3 rings (SSSR count). The molecule has 0 saturated heterocycles. The first-order valence-corrected chi connectivity index (χ1v) is 9.85. The topological polar surface area (TPSA) is 29.5 Å². The van der Waals surface area contributed by atoms with E-state index in [0.29, 0.717) is 19.4 Å². The van der Waals surface area contributed by atoms with Gasteiger partial charge in [-0.3, -0.25) is 0 Å². The predicted octanol–water partition coefficient (Wildman–Crippen LogP) is 5.33. The highest BCUT2D eigenvalue weighted by Gasteiger charge is 2.37. The lowest BCUT2D eigenvalue weighted by molar-refractivity contribution is 0.0164. The number of aliphatic hydroxyl groups excluding tert-OH is 1. The van der Waals surface area contributed by atoms with Crippen LogP contribution in [0.25, 0.3) is 0 Å². The van der Waals surface area contributed by atoms with Crippen LogP contribution in [0.3, 0.4) is 0 Å². The van der Waals surface area contributed by atoms with Gasteiger partial charge in [0.05, 0.1) is 6.61 Å². The quantitative estimate of drug-likeness (QED) is 0.247. The lowest BCUT2D eigenvalue weighted by Gasteiger charge is -2.35. The molecule has 0 bridgehead atoms. The molecule has 0 amide bonds. The summed E-state index contributed by atoms with van der Waals surface area (Å²) in [4.78, 5) is 0. The van der Waals surface area contributed by atoms with Crippen LogP contribution in [0, 0.1) is 11.8 Å². The average molecular weight is 383 g/mol. The van der Waals surface area contributed by atoms with Gasteiger partial charge in [-0.1, -0.05) is 109 Å². The van der Waals surface area contributed by atoms with E-state index in [0.717, 1.165) is 16.7 Å². The molecule has 29 heavy (non-hydrogen) atoms. The molecule has 0 saturated carbocycles. The fourth-order valence-electron chi connectivity index (χ4n) is 3.43. The summed E-state index contributed by atoms with van der Waals surface area (Å²) in [6.07, 6.45) is 1.99. The van der Waals surface area contributed by atoms with Crippen LogP contribution < -0.4 is 0 Å². The number of ether oxygens (including phenoxy) is 1. The summed E-state index contributed by atoms with van der Waals surface area (Å²) >= 11 is 0. The zero-order valence-electron chi connectivity index (χ0n) is 16.5. The van der Waals surface area contributed by atoms with Crippen molar-refractivity contribution >= 4 is 0 Å². The van der Waals surface area contributed by atoms with Gasteiger partial charge < -0.3 is 9.84 Å². The minimum Gasteiger partial charge on any atom is -0.380 e. The Morgan fingerprint density at radius 1 is 0.828 bits per heavy atom. The lowest BCUT2D eigenvalue weighted by atomic mass is 9.80. The van der Waals surface area contributed by atoms with Crippen LogP contribution in [0.5, 0.6) is 0 Å². The first-order valence-electron chi connectivity index (χ1n) is 9.85. The van der Waals surface area contributed by atoms with Crippen molar-refractivity contribution in [3.05, 3.63) is 120 Å². The standard InChI is InChI=1S/C27H26O2/c1-2-14-26(28)21-12-13-22-29-27(23-15-6-3-7-16-23,24-17-8-4-9-18-24)25-19-10-5-11-20-25/h2-11,15-20,26,28H,1,13-14,22H2/t26-/m0/s1. The second kappa shape index (κ2) is 10.4. The fraction of sp³-hybridized carbons (Fsp3) is 0.185. The van der Waals surface area contributed by atoms with Crippen LogP contribution >= 0.6 is 0 Å². The summed E-state index contributed by atoms with van der Waals surface area (Å²) in [6, 6.07) is 30.8. The van der Waals surface area contributed by atoms with Crippen LogP contribution in [0.4, 0.5) is 0 Å². The number of hydrogen-bond donors (Lipinski definition) is 1. The van der Waals surface area contributed by atoms with Gasteiger partial charge in [0.1, 0.15) is 11.7 Å². The van der Waals surface area contributed by atoms with Crippen LogP contribution in [-0.2, 0) is 10.3 Å². The molecule has 0 aliphatic heterocycles. The molecule has 2 heteroatoms. The molecule has 1 N–H and O–H groups in total. The molecule has 0 aliphatic rings. The highest BCUT2D eigenvalue weighted by atomic mass is 16.5. The van der Waals surface area contributed by atoms with Gasteiger partial charge in [0.15, 0.2) is 0 Å². The molecule has 1 atom stereocenters. The van der Waals surface area contributed by atoms with Crippen molar-refractivity contribution in [3.8, 4) is 11.8 Å². The van der Waals surface area contributed by atoms with Crippen molar-refractivity contribution in [3.63, 3.8) is 0 Å². The monoisotopic (exact) mass is 382 g/mol. The van der Waals surface area contributed by atoms with Gasteiger partial charge in [-0.05, 0) is 16.7 Å². The van der Waals surface area contributed by atoms with Crippen molar-refractivity contribution in [2.45, 2.75) is 24.5 Å². The van der Waals surface area contributed by atoms with E-state index in [9.17, 15) is 5.11 Å². The molecule has 0 heterocycles. The Morgan fingerprint density at radius 3 is 1.69 bits per heavy atom. The zero-order valence-corrected chi connectivity index (χ0v) is 16.5. The molecule has 2 nitrogen and oxygen atoms in total. The lowest BCUT2D eigenvalue weighted by Crippen LogP contribution is -2.33. The summed E-state index contributed by atoms with van der Waals surface area (Å²) in [5, 5.41) is 9.76. The average Bonchev–Trinajstić information content (AvgIpc) is 2.78. The van der Waals surface area contributed by atoms with Gasteiger partial charge >= 0.3 is 0 Å². The second-order valence-corrected chi connectivity index (χ2v) is 6.74. The van der Waals surface area contributed by atoms with Gasteiger partial charge in [0.25, 0.3) is 0 Å². The first-order chi connectivity index (χ1) is 14.3.